The van der Waals surface area contributed by atoms with Crippen LogP contribution in [0, 0.1) is 5.92 Å². The quantitative estimate of drug-likeness (QED) is 0.863. The number of hydrogen-bond donors (Lipinski definition) is 1. The van der Waals surface area contributed by atoms with Crippen LogP contribution < -0.4 is 10.2 Å². The lowest BCUT2D eigenvalue weighted by molar-refractivity contribution is -0.126. The molecule has 1 aromatic carbocycles. The van der Waals surface area contributed by atoms with Crippen molar-refractivity contribution in [3.05, 3.63) is 29.8 Å². The number of anilines is 1. The SMILES string of the molecule is CC(C)c1ccc(N2C[C@@H](C(=O)NCCN3CCCC3)CC2=O)cc1. The smallest absolute Gasteiger partial charge is 0.227 e. The van der Waals surface area contributed by atoms with Gasteiger partial charge in [0.15, 0.2) is 0 Å². The average molecular weight is 343 g/mol. The van der Waals surface area contributed by atoms with Gasteiger partial charge in [0.25, 0.3) is 0 Å². The molecule has 2 heterocycles. The van der Waals surface area contributed by atoms with Gasteiger partial charge in [-0.25, -0.2) is 0 Å². The van der Waals surface area contributed by atoms with Crippen LogP contribution >= 0.6 is 0 Å². The highest BCUT2D eigenvalue weighted by Gasteiger charge is 2.35. The van der Waals surface area contributed by atoms with Crippen LogP contribution in [0.5, 0.6) is 0 Å². The van der Waals surface area contributed by atoms with Crippen molar-refractivity contribution in [3.63, 3.8) is 0 Å². The zero-order valence-electron chi connectivity index (χ0n) is 15.3. The number of rotatable bonds is 6. The van der Waals surface area contributed by atoms with Gasteiger partial charge in [0.05, 0.1) is 5.92 Å². The fourth-order valence-electron chi connectivity index (χ4n) is 3.66. The normalized spacial score (nSPS) is 21.3. The standard InChI is InChI=1S/C20H29N3O2/c1-15(2)16-5-7-18(8-6-16)23-14-17(13-19(23)24)20(25)21-9-12-22-10-3-4-11-22/h5-8,15,17H,3-4,9-14H2,1-2H3,(H,21,25)/t17-/m0/s1. The minimum atomic E-state index is -0.240. The van der Waals surface area contributed by atoms with Gasteiger partial charge in [-0.05, 0) is 49.5 Å². The van der Waals surface area contributed by atoms with Gasteiger partial charge in [0.1, 0.15) is 0 Å². The van der Waals surface area contributed by atoms with Crippen molar-refractivity contribution >= 4 is 17.5 Å². The van der Waals surface area contributed by atoms with Crippen LogP contribution in [-0.2, 0) is 9.59 Å². The van der Waals surface area contributed by atoms with Crippen LogP contribution in [0.3, 0.4) is 0 Å². The van der Waals surface area contributed by atoms with E-state index in [0.29, 0.717) is 25.4 Å². The lowest BCUT2D eigenvalue weighted by atomic mass is 10.0. The Bertz CT molecular complexity index is 606. The number of benzene rings is 1. The van der Waals surface area contributed by atoms with Crippen molar-refractivity contribution in [2.75, 3.05) is 37.6 Å². The summed E-state index contributed by atoms with van der Waals surface area (Å²) in [4.78, 5) is 28.8. The van der Waals surface area contributed by atoms with Gasteiger partial charge in [-0.3, -0.25) is 9.59 Å². The fraction of sp³-hybridized carbons (Fsp3) is 0.600. The third-order valence-corrected chi connectivity index (χ3v) is 5.29. The van der Waals surface area contributed by atoms with Crippen molar-refractivity contribution < 1.29 is 9.59 Å². The first-order chi connectivity index (χ1) is 12.0. The maximum absolute atomic E-state index is 12.4. The predicted octanol–water partition coefficient (Wildman–Crippen LogP) is 2.37. The van der Waals surface area contributed by atoms with E-state index in [2.05, 4.69) is 36.2 Å². The topological polar surface area (TPSA) is 52.7 Å². The summed E-state index contributed by atoms with van der Waals surface area (Å²) in [5.41, 5.74) is 2.15. The maximum atomic E-state index is 12.4. The summed E-state index contributed by atoms with van der Waals surface area (Å²) in [5, 5.41) is 3.01. The number of amides is 2. The van der Waals surface area contributed by atoms with Gasteiger partial charge >= 0.3 is 0 Å². The van der Waals surface area contributed by atoms with Gasteiger partial charge in [0.2, 0.25) is 11.8 Å². The molecule has 0 radical (unpaired) electrons. The molecule has 25 heavy (non-hydrogen) atoms. The molecule has 2 fully saturated rings. The van der Waals surface area contributed by atoms with E-state index in [4.69, 9.17) is 0 Å². The molecular formula is C20H29N3O2. The Labute approximate surface area is 150 Å². The molecule has 0 aliphatic carbocycles. The molecule has 0 aromatic heterocycles. The van der Waals surface area contributed by atoms with Crippen LogP contribution in [0.15, 0.2) is 24.3 Å². The number of nitrogens with one attached hydrogen (secondary N) is 1. The summed E-state index contributed by atoms with van der Waals surface area (Å²) in [6.07, 6.45) is 2.83. The Morgan fingerprint density at radius 3 is 2.52 bits per heavy atom. The number of hydrogen-bond acceptors (Lipinski definition) is 3. The van der Waals surface area contributed by atoms with E-state index in [-0.39, 0.29) is 17.7 Å². The van der Waals surface area contributed by atoms with Crippen LogP contribution in [0.25, 0.3) is 0 Å². The summed E-state index contributed by atoms with van der Waals surface area (Å²) in [6, 6.07) is 8.11. The highest BCUT2D eigenvalue weighted by Crippen LogP contribution is 2.26. The molecule has 0 saturated carbocycles. The lowest BCUT2D eigenvalue weighted by Gasteiger charge is -2.18. The third kappa shape index (κ3) is 4.40. The van der Waals surface area contributed by atoms with Gasteiger partial charge < -0.3 is 15.1 Å². The predicted molar refractivity (Wildman–Crippen MR) is 99.7 cm³/mol. The molecular weight excluding hydrogens is 314 g/mol. The zero-order valence-corrected chi connectivity index (χ0v) is 15.3. The minimum Gasteiger partial charge on any atom is -0.355 e. The number of carbonyl (C=O) groups excluding carboxylic acids is 2. The Hall–Kier alpha value is -1.88. The van der Waals surface area contributed by atoms with Crippen LogP contribution in [0.2, 0.25) is 0 Å². The highest BCUT2D eigenvalue weighted by molar-refractivity contribution is 6.00. The van der Waals surface area contributed by atoms with E-state index >= 15 is 0 Å². The molecule has 1 aromatic rings. The van der Waals surface area contributed by atoms with Gasteiger partial charge in [-0.15, -0.1) is 0 Å². The van der Waals surface area contributed by atoms with E-state index in [1.807, 2.05) is 12.1 Å². The molecule has 0 spiro atoms. The summed E-state index contributed by atoms with van der Waals surface area (Å²) in [5.74, 6) is 0.277. The number of carbonyl (C=O) groups is 2. The summed E-state index contributed by atoms with van der Waals surface area (Å²) in [7, 11) is 0. The van der Waals surface area contributed by atoms with Crippen molar-refractivity contribution in [3.8, 4) is 0 Å². The Balaban J connectivity index is 1.51. The molecule has 2 saturated heterocycles. The van der Waals surface area contributed by atoms with Crippen molar-refractivity contribution in [1.29, 1.82) is 0 Å². The Morgan fingerprint density at radius 2 is 1.88 bits per heavy atom. The van der Waals surface area contributed by atoms with Crippen LogP contribution in [0.1, 0.15) is 44.6 Å². The molecule has 0 bridgehead atoms. The molecule has 0 unspecified atom stereocenters. The number of nitrogens with zero attached hydrogens (tertiary/aromatic N) is 2. The minimum absolute atomic E-state index is 0.00819. The molecule has 1 atom stereocenters. The third-order valence-electron chi connectivity index (χ3n) is 5.29. The van der Waals surface area contributed by atoms with Crippen molar-refractivity contribution in [2.45, 2.75) is 39.0 Å². The average Bonchev–Trinajstić information content (AvgIpc) is 3.24. The second-order valence-corrected chi connectivity index (χ2v) is 7.49. The zero-order chi connectivity index (χ0) is 17.8. The van der Waals surface area contributed by atoms with E-state index in [0.717, 1.165) is 25.3 Å². The van der Waals surface area contributed by atoms with Crippen molar-refractivity contribution in [1.82, 2.24) is 10.2 Å². The van der Waals surface area contributed by atoms with E-state index in [9.17, 15) is 9.59 Å². The molecule has 2 aliphatic heterocycles. The Morgan fingerprint density at radius 1 is 1.20 bits per heavy atom. The van der Waals surface area contributed by atoms with Gasteiger partial charge in [-0.2, -0.15) is 0 Å². The summed E-state index contributed by atoms with van der Waals surface area (Å²) < 4.78 is 0. The van der Waals surface area contributed by atoms with Gasteiger partial charge in [0, 0.05) is 31.7 Å². The number of likely N-dealkylation sites (tertiary alicyclic amines) is 1. The molecule has 136 valence electrons. The monoisotopic (exact) mass is 343 g/mol. The largest absolute Gasteiger partial charge is 0.355 e. The van der Waals surface area contributed by atoms with E-state index in [1.54, 1.807) is 4.90 Å². The molecule has 5 heteroatoms. The first-order valence-electron chi connectivity index (χ1n) is 9.45. The Kier molecular flexibility index (Phi) is 5.74. The molecule has 2 aliphatic rings. The molecule has 1 N–H and O–H groups in total. The molecule has 5 nitrogen and oxygen atoms in total. The van der Waals surface area contributed by atoms with Crippen LogP contribution in [0.4, 0.5) is 5.69 Å². The lowest BCUT2D eigenvalue weighted by Crippen LogP contribution is -2.37. The van der Waals surface area contributed by atoms with Crippen molar-refractivity contribution in [2.24, 2.45) is 5.92 Å². The first kappa shape index (κ1) is 17.9. The first-order valence-corrected chi connectivity index (χ1v) is 9.45. The van der Waals surface area contributed by atoms with Crippen LogP contribution in [-0.4, -0.2) is 49.4 Å². The molecule has 3 rings (SSSR count). The van der Waals surface area contributed by atoms with E-state index in [1.165, 1.54) is 18.4 Å². The summed E-state index contributed by atoms with van der Waals surface area (Å²) in [6.45, 7) is 8.64. The maximum Gasteiger partial charge on any atom is 0.227 e. The second-order valence-electron chi connectivity index (χ2n) is 7.49. The second kappa shape index (κ2) is 8.00. The fourth-order valence-corrected chi connectivity index (χ4v) is 3.66. The highest BCUT2D eigenvalue weighted by atomic mass is 16.2. The molecule has 2 amide bonds. The van der Waals surface area contributed by atoms with E-state index < -0.39 is 0 Å². The van der Waals surface area contributed by atoms with Gasteiger partial charge in [-0.1, -0.05) is 26.0 Å². The summed E-state index contributed by atoms with van der Waals surface area (Å²) >= 11 is 0.